The molecule has 110 valence electrons. The second-order valence-corrected chi connectivity index (χ2v) is 4.97. The van der Waals surface area contributed by atoms with Gasteiger partial charge in [-0.3, -0.25) is 0 Å². The molecular formula is C18H20O3. The van der Waals surface area contributed by atoms with E-state index in [1.165, 1.54) is 5.56 Å². The smallest absolute Gasteiger partial charge is 0.338 e. The van der Waals surface area contributed by atoms with Gasteiger partial charge in [0.05, 0.1) is 18.8 Å². The fourth-order valence-corrected chi connectivity index (χ4v) is 2.05. The molecule has 2 aromatic carbocycles. The van der Waals surface area contributed by atoms with Gasteiger partial charge in [-0.1, -0.05) is 30.3 Å². The van der Waals surface area contributed by atoms with E-state index in [1.54, 1.807) is 31.4 Å². The Bertz CT molecular complexity index is 561. The largest absolute Gasteiger partial charge is 0.497 e. The second-order valence-electron chi connectivity index (χ2n) is 4.97. The molecule has 2 aromatic rings. The SMILES string of the molecule is COc1ccc(C(=O)OC(C)CCc2ccccc2)cc1. The van der Waals surface area contributed by atoms with Crippen molar-refractivity contribution in [3.05, 3.63) is 65.7 Å². The Balaban J connectivity index is 1.83. The number of hydrogen-bond donors (Lipinski definition) is 0. The summed E-state index contributed by atoms with van der Waals surface area (Å²) in [5.74, 6) is 0.432. The number of methoxy groups -OCH3 is 1. The zero-order chi connectivity index (χ0) is 15.1. The third-order valence-corrected chi connectivity index (χ3v) is 3.32. The third kappa shape index (κ3) is 4.63. The molecule has 0 heterocycles. The normalized spacial score (nSPS) is 11.7. The molecular weight excluding hydrogens is 264 g/mol. The van der Waals surface area contributed by atoms with Crippen LogP contribution in [0.5, 0.6) is 5.75 Å². The van der Waals surface area contributed by atoms with Crippen molar-refractivity contribution < 1.29 is 14.3 Å². The number of aryl methyl sites for hydroxylation is 1. The Morgan fingerprint density at radius 1 is 1.05 bits per heavy atom. The lowest BCUT2D eigenvalue weighted by molar-refractivity contribution is 0.0325. The molecule has 0 fully saturated rings. The minimum Gasteiger partial charge on any atom is -0.497 e. The highest BCUT2D eigenvalue weighted by Gasteiger charge is 2.12. The molecule has 0 saturated carbocycles. The van der Waals surface area contributed by atoms with Gasteiger partial charge in [-0.15, -0.1) is 0 Å². The van der Waals surface area contributed by atoms with Crippen molar-refractivity contribution in [1.29, 1.82) is 0 Å². The van der Waals surface area contributed by atoms with Crippen LogP contribution in [0.15, 0.2) is 54.6 Å². The molecule has 2 rings (SSSR count). The molecule has 1 atom stereocenters. The van der Waals surface area contributed by atoms with Crippen LogP contribution in [0.2, 0.25) is 0 Å². The number of ether oxygens (including phenoxy) is 2. The van der Waals surface area contributed by atoms with Gasteiger partial charge in [-0.25, -0.2) is 4.79 Å². The number of hydrogen-bond acceptors (Lipinski definition) is 3. The first kappa shape index (κ1) is 15.1. The molecule has 0 aliphatic rings. The summed E-state index contributed by atoms with van der Waals surface area (Å²) in [6.45, 7) is 1.92. The molecule has 0 aliphatic heterocycles. The first-order chi connectivity index (χ1) is 10.2. The van der Waals surface area contributed by atoms with E-state index in [2.05, 4.69) is 12.1 Å². The maximum atomic E-state index is 12.0. The van der Waals surface area contributed by atoms with Crippen molar-refractivity contribution in [2.45, 2.75) is 25.9 Å². The van der Waals surface area contributed by atoms with E-state index < -0.39 is 0 Å². The minimum atomic E-state index is -0.293. The van der Waals surface area contributed by atoms with Crippen LogP contribution in [0.4, 0.5) is 0 Å². The fourth-order valence-electron chi connectivity index (χ4n) is 2.05. The van der Waals surface area contributed by atoms with Gasteiger partial charge in [-0.2, -0.15) is 0 Å². The Hall–Kier alpha value is -2.29. The molecule has 3 heteroatoms. The average molecular weight is 284 g/mol. The molecule has 0 saturated heterocycles. The van der Waals surface area contributed by atoms with Crippen LogP contribution >= 0.6 is 0 Å². The van der Waals surface area contributed by atoms with E-state index >= 15 is 0 Å². The molecule has 0 aromatic heterocycles. The summed E-state index contributed by atoms with van der Waals surface area (Å²) in [5.41, 5.74) is 1.80. The quantitative estimate of drug-likeness (QED) is 0.755. The van der Waals surface area contributed by atoms with Crippen molar-refractivity contribution in [3.8, 4) is 5.75 Å². The zero-order valence-electron chi connectivity index (χ0n) is 12.4. The zero-order valence-corrected chi connectivity index (χ0v) is 12.4. The molecule has 0 spiro atoms. The van der Waals surface area contributed by atoms with Gasteiger partial charge < -0.3 is 9.47 Å². The van der Waals surface area contributed by atoms with Gasteiger partial charge in [0.2, 0.25) is 0 Å². The van der Waals surface area contributed by atoms with E-state index in [4.69, 9.17) is 9.47 Å². The van der Waals surface area contributed by atoms with Gasteiger partial charge >= 0.3 is 5.97 Å². The number of esters is 1. The van der Waals surface area contributed by atoms with Crippen LogP contribution in [0.3, 0.4) is 0 Å². The number of carbonyl (C=O) groups excluding carboxylic acids is 1. The van der Waals surface area contributed by atoms with Crippen LogP contribution in [-0.2, 0) is 11.2 Å². The third-order valence-electron chi connectivity index (χ3n) is 3.32. The maximum absolute atomic E-state index is 12.0. The first-order valence-electron chi connectivity index (χ1n) is 7.08. The second kappa shape index (κ2) is 7.48. The summed E-state index contributed by atoms with van der Waals surface area (Å²) in [7, 11) is 1.60. The van der Waals surface area contributed by atoms with Crippen molar-refractivity contribution >= 4 is 5.97 Å². The predicted molar refractivity (Wildman–Crippen MR) is 82.6 cm³/mol. The summed E-state index contributed by atoms with van der Waals surface area (Å²) in [6, 6.07) is 17.1. The van der Waals surface area contributed by atoms with Crippen LogP contribution in [0, 0.1) is 0 Å². The van der Waals surface area contributed by atoms with Gasteiger partial charge in [0.25, 0.3) is 0 Å². The summed E-state index contributed by atoms with van der Waals surface area (Å²) in [4.78, 5) is 12.0. The highest BCUT2D eigenvalue weighted by Crippen LogP contribution is 2.14. The van der Waals surface area contributed by atoms with Gasteiger partial charge in [0, 0.05) is 0 Å². The van der Waals surface area contributed by atoms with E-state index in [9.17, 15) is 4.79 Å². The van der Waals surface area contributed by atoms with Crippen LogP contribution in [-0.4, -0.2) is 19.2 Å². The highest BCUT2D eigenvalue weighted by atomic mass is 16.5. The molecule has 0 amide bonds. The molecule has 0 bridgehead atoms. The van der Waals surface area contributed by atoms with Crippen LogP contribution in [0.1, 0.15) is 29.3 Å². The number of rotatable bonds is 6. The van der Waals surface area contributed by atoms with Crippen molar-refractivity contribution in [2.24, 2.45) is 0 Å². The van der Waals surface area contributed by atoms with E-state index in [0.717, 1.165) is 18.6 Å². The topological polar surface area (TPSA) is 35.5 Å². The fraction of sp³-hybridized carbons (Fsp3) is 0.278. The Labute approximate surface area is 125 Å². The van der Waals surface area contributed by atoms with Crippen molar-refractivity contribution in [1.82, 2.24) is 0 Å². The number of benzene rings is 2. The summed E-state index contributed by atoms with van der Waals surface area (Å²) in [6.07, 6.45) is 1.60. The summed E-state index contributed by atoms with van der Waals surface area (Å²) in [5, 5.41) is 0. The molecule has 0 N–H and O–H groups in total. The van der Waals surface area contributed by atoms with Gasteiger partial charge in [-0.05, 0) is 49.6 Å². The Morgan fingerprint density at radius 2 is 1.71 bits per heavy atom. The van der Waals surface area contributed by atoms with Gasteiger partial charge in [0.1, 0.15) is 5.75 Å². The first-order valence-corrected chi connectivity index (χ1v) is 7.08. The average Bonchev–Trinajstić information content (AvgIpc) is 2.54. The molecule has 0 radical (unpaired) electrons. The van der Waals surface area contributed by atoms with Crippen molar-refractivity contribution in [2.75, 3.05) is 7.11 Å². The lowest BCUT2D eigenvalue weighted by atomic mass is 10.1. The van der Waals surface area contributed by atoms with Crippen LogP contribution in [0.25, 0.3) is 0 Å². The minimum absolute atomic E-state index is 0.111. The Morgan fingerprint density at radius 3 is 2.33 bits per heavy atom. The van der Waals surface area contributed by atoms with E-state index in [1.807, 2.05) is 25.1 Å². The molecule has 0 aliphatic carbocycles. The Kier molecular flexibility index (Phi) is 5.38. The lowest BCUT2D eigenvalue weighted by Crippen LogP contribution is -2.15. The molecule has 21 heavy (non-hydrogen) atoms. The highest BCUT2D eigenvalue weighted by molar-refractivity contribution is 5.89. The number of carbonyl (C=O) groups is 1. The van der Waals surface area contributed by atoms with Crippen molar-refractivity contribution in [3.63, 3.8) is 0 Å². The van der Waals surface area contributed by atoms with Crippen LogP contribution < -0.4 is 4.74 Å². The monoisotopic (exact) mass is 284 g/mol. The summed E-state index contributed by atoms with van der Waals surface area (Å²) < 4.78 is 10.5. The van der Waals surface area contributed by atoms with Gasteiger partial charge in [0.15, 0.2) is 0 Å². The van der Waals surface area contributed by atoms with E-state index in [0.29, 0.717) is 5.56 Å². The standard InChI is InChI=1S/C18H20O3/c1-14(8-9-15-6-4-3-5-7-15)21-18(19)16-10-12-17(20-2)13-11-16/h3-7,10-14H,8-9H2,1-2H3. The lowest BCUT2D eigenvalue weighted by Gasteiger charge is -2.13. The predicted octanol–water partition coefficient (Wildman–Crippen LogP) is 3.87. The maximum Gasteiger partial charge on any atom is 0.338 e. The molecule has 3 nitrogen and oxygen atoms in total. The summed E-state index contributed by atoms with van der Waals surface area (Å²) >= 11 is 0. The molecule has 1 unspecified atom stereocenters. The van der Waals surface area contributed by atoms with E-state index in [-0.39, 0.29) is 12.1 Å².